The molecule has 2 nitrogen and oxygen atoms in total. The van der Waals surface area contributed by atoms with Crippen LogP contribution in [0, 0.1) is 5.41 Å². The SMILES string of the molecule is CC1(C)CC(=O)C(=S2C(Cl)=C(Cl)C(Cl)=C2Cl)C(=O)C1. The van der Waals surface area contributed by atoms with Crippen LogP contribution in [0.1, 0.15) is 26.7 Å². The molecule has 0 N–H and O–H groups in total. The molecule has 0 aromatic rings. The van der Waals surface area contributed by atoms with Crippen molar-refractivity contribution < 1.29 is 9.59 Å². The number of hydrogen-bond donors (Lipinski definition) is 0. The molecular formula is C12H10Cl4O2S. The molecule has 1 aliphatic heterocycles. The molecule has 0 spiro atoms. The average Bonchev–Trinajstić information content (AvgIpc) is 2.44. The first-order chi connectivity index (χ1) is 8.65. The number of rotatable bonds is 0. The van der Waals surface area contributed by atoms with Gasteiger partial charge in [0.1, 0.15) is 0 Å². The van der Waals surface area contributed by atoms with Gasteiger partial charge in [-0.25, -0.2) is 0 Å². The van der Waals surface area contributed by atoms with Crippen LogP contribution in [0.25, 0.3) is 0 Å². The van der Waals surface area contributed by atoms with E-state index in [2.05, 4.69) is 0 Å². The predicted molar refractivity (Wildman–Crippen MR) is 83.1 cm³/mol. The van der Waals surface area contributed by atoms with Crippen molar-refractivity contribution in [3.05, 3.63) is 18.8 Å². The molecule has 0 saturated heterocycles. The Labute approximate surface area is 133 Å². The van der Waals surface area contributed by atoms with Crippen molar-refractivity contribution in [2.24, 2.45) is 5.41 Å². The number of carbonyl (C=O) groups excluding carboxylic acids is 2. The standard InChI is InChI=1S/C12H10Cl4O2S/c1-12(2)3-5(17)9(6(18)4-12)19-10(15)7(13)8(14)11(19)16/h3-4H2,1-2H3. The van der Waals surface area contributed by atoms with Gasteiger partial charge in [0.05, 0.1) is 23.7 Å². The Morgan fingerprint density at radius 1 is 0.895 bits per heavy atom. The highest BCUT2D eigenvalue weighted by Gasteiger charge is 2.40. The summed E-state index contributed by atoms with van der Waals surface area (Å²) in [6.07, 6.45) is 0.586. The molecule has 0 radical (unpaired) electrons. The lowest BCUT2D eigenvalue weighted by Gasteiger charge is -2.29. The number of ketones is 2. The topological polar surface area (TPSA) is 34.1 Å². The molecule has 1 aliphatic carbocycles. The van der Waals surface area contributed by atoms with E-state index >= 15 is 0 Å². The minimum Gasteiger partial charge on any atom is -0.293 e. The van der Waals surface area contributed by atoms with Gasteiger partial charge in [0.2, 0.25) is 0 Å². The van der Waals surface area contributed by atoms with E-state index in [4.69, 9.17) is 46.4 Å². The molecule has 0 aromatic carbocycles. The van der Waals surface area contributed by atoms with E-state index in [-0.39, 0.29) is 40.6 Å². The van der Waals surface area contributed by atoms with E-state index in [1.165, 1.54) is 0 Å². The fourth-order valence-corrected chi connectivity index (χ4v) is 5.86. The van der Waals surface area contributed by atoms with E-state index in [0.717, 1.165) is 0 Å². The van der Waals surface area contributed by atoms with Gasteiger partial charge in [0.15, 0.2) is 11.6 Å². The Kier molecular flexibility index (Phi) is 4.26. The normalized spacial score (nSPS) is 24.8. The molecule has 0 bridgehead atoms. The van der Waals surface area contributed by atoms with Crippen molar-refractivity contribution in [3.8, 4) is 0 Å². The van der Waals surface area contributed by atoms with E-state index in [9.17, 15) is 9.59 Å². The van der Waals surface area contributed by atoms with Crippen molar-refractivity contribution in [2.75, 3.05) is 0 Å². The van der Waals surface area contributed by atoms with Gasteiger partial charge in [-0.2, -0.15) is 0 Å². The fraction of sp³-hybridized carbons (Fsp3) is 0.417. The Hall–Kier alpha value is 0.200. The molecule has 1 saturated carbocycles. The minimum atomic E-state index is -1.11. The number of hydrogen-bond acceptors (Lipinski definition) is 2. The summed E-state index contributed by atoms with van der Waals surface area (Å²) in [7, 11) is -1.11. The average molecular weight is 360 g/mol. The van der Waals surface area contributed by atoms with Crippen LogP contribution in [0.5, 0.6) is 0 Å². The van der Waals surface area contributed by atoms with Crippen LogP contribution >= 0.6 is 56.9 Å². The maximum Gasteiger partial charge on any atom is 0.173 e. The van der Waals surface area contributed by atoms with Gasteiger partial charge in [-0.3, -0.25) is 9.59 Å². The van der Waals surface area contributed by atoms with Gasteiger partial charge in [0.25, 0.3) is 0 Å². The molecule has 0 unspecified atom stereocenters. The molecule has 1 heterocycles. The van der Waals surface area contributed by atoms with Crippen LogP contribution in [-0.4, -0.2) is 16.4 Å². The highest BCUT2D eigenvalue weighted by molar-refractivity contribution is 8.26. The van der Waals surface area contributed by atoms with Crippen molar-refractivity contribution in [3.63, 3.8) is 0 Å². The van der Waals surface area contributed by atoms with Crippen molar-refractivity contribution in [2.45, 2.75) is 26.7 Å². The first kappa shape index (κ1) is 15.6. The largest absolute Gasteiger partial charge is 0.293 e. The molecule has 104 valence electrons. The van der Waals surface area contributed by atoms with Gasteiger partial charge in [-0.1, -0.05) is 70.7 Å². The van der Waals surface area contributed by atoms with E-state index < -0.39 is 10.5 Å². The zero-order chi connectivity index (χ0) is 14.5. The molecule has 2 rings (SSSR count). The molecule has 2 aliphatic rings. The molecule has 1 fully saturated rings. The minimum absolute atomic E-state index is 0.120. The molecule has 0 aromatic heterocycles. The Morgan fingerprint density at radius 2 is 1.26 bits per heavy atom. The summed E-state index contributed by atoms with van der Waals surface area (Å²) in [5.41, 5.74) is -0.333. The van der Waals surface area contributed by atoms with Crippen molar-refractivity contribution >= 4 is 73.3 Å². The lowest BCUT2D eigenvalue weighted by atomic mass is 9.76. The zero-order valence-electron chi connectivity index (χ0n) is 10.2. The molecule has 0 atom stereocenters. The third-order valence-corrected chi connectivity index (χ3v) is 7.45. The highest BCUT2D eigenvalue weighted by atomic mass is 35.5. The highest BCUT2D eigenvalue weighted by Crippen LogP contribution is 2.55. The van der Waals surface area contributed by atoms with Gasteiger partial charge in [-0.05, 0) is 5.41 Å². The van der Waals surface area contributed by atoms with E-state index in [1.807, 2.05) is 13.8 Å². The van der Waals surface area contributed by atoms with Crippen LogP contribution < -0.4 is 0 Å². The van der Waals surface area contributed by atoms with Crippen LogP contribution in [0.4, 0.5) is 0 Å². The lowest BCUT2D eigenvalue weighted by molar-refractivity contribution is -0.122. The third-order valence-electron chi connectivity index (χ3n) is 2.89. The molecule has 19 heavy (non-hydrogen) atoms. The monoisotopic (exact) mass is 358 g/mol. The second-order valence-electron chi connectivity index (χ2n) is 5.17. The first-order valence-corrected chi connectivity index (χ1v) is 8.18. The van der Waals surface area contributed by atoms with Crippen LogP contribution in [0.3, 0.4) is 0 Å². The smallest absolute Gasteiger partial charge is 0.173 e. The predicted octanol–water partition coefficient (Wildman–Crippen LogP) is 4.69. The maximum absolute atomic E-state index is 12.2. The summed E-state index contributed by atoms with van der Waals surface area (Å²) in [5.74, 6) is -0.451. The molecule has 7 heteroatoms. The van der Waals surface area contributed by atoms with Gasteiger partial charge in [0, 0.05) is 12.8 Å². The first-order valence-electron chi connectivity index (χ1n) is 5.44. The Bertz CT molecular complexity index is 551. The summed E-state index contributed by atoms with van der Waals surface area (Å²) >= 11 is 24.0. The summed E-state index contributed by atoms with van der Waals surface area (Å²) in [6, 6.07) is 0. The van der Waals surface area contributed by atoms with Crippen LogP contribution in [0.2, 0.25) is 0 Å². The maximum atomic E-state index is 12.2. The van der Waals surface area contributed by atoms with Gasteiger partial charge in [-0.15, -0.1) is 0 Å². The fourth-order valence-electron chi connectivity index (χ4n) is 2.09. The third kappa shape index (κ3) is 2.68. The summed E-state index contributed by atoms with van der Waals surface area (Å²) < 4.78 is 0.348. The summed E-state index contributed by atoms with van der Waals surface area (Å²) in [4.78, 5) is 24.6. The molecule has 0 amide bonds. The van der Waals surface area contributed by atoms with E-state index in [1.54, 1.807) is 0 Å². The number of Topliss-reactive ketones (excluding diaryl/α,β-unsaturated/α-hetero) is 2. The van der Waals surface area contributed by atoms with Crippen molar-refractivity contribution in [1.29, 1.82) is 0 Å². The Balaban J connectivity index is 2.62. The second-order valence-corrected chi connectivity index (χ2v) is 8.97. The second kappa shape index (κ2) is 5.19. The lowest BCUT2D eigenvalue weighted by Crippen LogP contribution is -2.38. The zero-order valence-corrected chi connectivity index (χ0v) is 14.0. The number of halogens is 4. The summed E-state index contributed by atoms with van der Waals surface area (Å²) in [6.45, 7) is 3.76. The van der Waals surface area contributed by atoms with E-state index in [0.29, 0.717) is 12.8 Å². The van der Waals surface area contributed by atoms with Gasteiger partial charge >= 0.3 is 0 Å². The van der Waals surface area contributed by atoms with Gasteiger partial charge < -0.3 is 0 Å². The van der Waals surface area contributed by atoms with Crippen LogP contribution in [0.15, 0.2) is 18.8 Å². The number of carbonyl (C=O) groups is 2. The molecular weight excluding hydrogens is 350 g/mol. The van der Waals surface area contributed by atoms with Crippen molar-refractivity contribution in [1.82, 2.24) is 0 Å². The summed E-state index contributed by atoms with van der Waals surface area (Å²) in [5, 5.41) is 0.240. The quantitative estimate of drug-likeness (QED) is 0.588. The van der Waals surface area contributed by atoms with Crippen LogP contribution in [-0.2, 0) is 9.59 Å². The number of allylic oxidation sites excluding steroid dienone is 2. The Morgan fingerprint density at radius 3 is 1.63 bits per heavy atom.